The van der Waals surface area contributed by atoms with Gasteiger partial charge in [-0.25, -0.2) is 4.39 Å². The van der Waals surface area contributed by atoms with Crippen molar-refractivity contribution < 1.29 is 27.5 Å². The molecule has 0 saturated heterocycles. The van der Waals surface area contributed by atoms with Crippen molar-refractivity contribution in [2.24, 2.45) is 7.05 Å². The first kappa shape index (κ1) is 23.3. The van der Waals surface area contributed by atoms with E-state index in [1.54, 1.807) is 24.3 Å². The van der Waals surface area contributed by atoms with Crippen molar-refractivity contribution in [3.63, 3.8) is 0 Å². The number of amides is 1. The summed E-state index contributed by atoms with van der Waals surface area (Å²) in [4.78, 5) is 25.0. The third-order valence-electron chi connectivity index (χ3n) is 4.81. The summed E-state index contributed by atoms with van der Waals surface area (Å²) in [6.45, 7) is 0.116. The minimum absolute atomic E-state index is 0.116. The number of hydrogen-bond donors (Lipinski definition) is 2. The lowest BCUT2D eigenvalue weighted by atomic mass is 10.0. The zero-order valence-corrected chi connectivity index (χ0v) is 17.4. The quantitative estimate of drug-likeness (QED) is 0.540. The van der Waals surface area contributed by atoms with E-state index < -0.39 is 40.3 Å². The predicted molar refractivity (Wildman–Crippen MR) is 111 cm³/mol. The van der Waals surface area contributed by atoms with Crippen LogP contribution in [0.3, 0.4) is 0 Å². The molecule has 0 bridgehead atoms. The van der Waals surface area contributed by atoms with Gasteiger partial charge in [-0.15, -0.1) is 0 Å². The fraction of sp³-hybridized carbons (Fsp3) is 0.182. The van der Waals surface area contributed by atoms with Gasteiger partial charge < -0.3 is 15.0 Å². The third-order valence-corrected chi connectivity index (χ3v) is 5.18. The molecule has 0 spiro atoms. The van der Waals surface area contributed by atoms with Crippen LogP contribution in [0.1, 0.15) is 21.5 Å². The van der Waals surface area contributed by atoms with Crippen molar-refractivity contribution >= 4 is 17.5 Å². The maximum Gasteiger partial charge on any atom is 0.416 e. The van der Waals surface area contributed by atoms with Gasteiger partial charge in [0.1, 0.15) is 5.82 Å². The van der Waals surface area contributed by atoms with Gasteiger partial charge in [-0.3, -0.25) is 9.59 Å². The molecule has 5 nitrogen and oxygen atoms in total. The minimum Gasteiger partial charge on any atom is -0.502 e. The standard InChI is InChI=1S/C22H17ClF4N2O3/c1-29-18(13-8-14(22(25,26)27)10-15(24)9-13)11-16(19(30)21(29)32)20(31)28-7-6-12-4-2-3-5-17(12)23/h2-5,8-11,30H,6-7H2,1H3,(H,28,31). The molecule has 3 aromatic rings. The molecule has 0 aliphatic carbocycles. The van der Waals surface area contributed by atoms with E-state index in [1.165, 1.54) is 7.05 Å². The van der Waals surface area contributed by atoms with E-state index >= 15 is 0 Å². The third kappa shape index (κ3) is 4.94. The van der Waals surface area contributed by atoms with Crippen LogP contribution in [0, 0.1) is 5.82 Å². The number of carbonyl (C=O) groups excluding carboxylic acids is 1. The van der Waals surface area contributed by atoms with Crippen LogP contribution < -0.4 is 10.9 Å². The fourth-order valence-electron chi connectivity index (χ4n) is 3.14. The van der Waals surface area contributed by atoms with Crippen molar-refractivity contribution in [3.8, 4) is 17.0 Å². The van der Waals surface area contributed by atoms with Crippen LogP contribution in [0.2, 0.25) is 5.02 Å². The number of aromatic nitrogens is 1. The second kappa shape index (κ2) is 9.04. The first-order chi connectivity index (χ1) is 15.0. The lowest BCUT2D eigenvalue weighted by Crippen LogP contribution is -2.29. The molecule has 1 amide bonds. The average molecular weight is 469 g/mol. The summed E-state index contributed by atoms with van der Waals surface area (Å²) in [6.07, 6.45) is -4.45. The van der Waals surface area contributed by atoms with Gasteiger partial charge in [-0.2, -0.15) is 13.2 Å². The fourth-order valence-corrected chi connectivity index (χ4v) is 3.37. The number of alkyl halides is 3. The second-order valence-corrected chi connectivity index (χ2v) is 7.39. The Morgan fingerprint density at radius 1 is 1.16 bits per heavy atom. The van der Waals surface area contributed by atoms with Gasteiger partial charge in [0.2, 0.25) is 0 Å². The Hall–Kier alpha value is -3.33. The van der Waals surface area contributed by atoms with E-state index in [4.69, 9.17) is 11.6 Å². The Morgan fingerprint density at radius 3 is 2.50 bits per heavy atom. The number of benzene rings is 2. The molecule has 3 rings (SSSR count). The second-order valence-electron chi connectivity index (χ2n) is 6.98. The topological polar surface area (TPSA) is 71.3 Å². The van der Waals surface area contributed by atoms with Crippen molar-refractivity contribution in [1.82, 2.24) is 9.88 Å². The number of pyridine rings is 1. The first-order valence-corrected chi connectivity index (χ1v) is 9.69. The van der Waals surface area contributed by atoms with Crippen molar-refractivity contribution in [1.29, 1.82) is 0 Å². The highest BCUT2D eigenvalue weighted by molar-refractivity contribution is 6.31. The molecule has 0 radical (unpaired) electrons. The molecule has 0 aliphatic heterocycles. The summed E-state index contributed by atoms with van der Waals surface area (Å²) in [5, 5.41) is 13.2. The van der Waals surface area contributed by atoms with Gasteiger partial charge in [-0.1, -0.05) is 29.8 Å². The van der Waals surface area contributed by atoms with Gasteiger partial charge in [0.15, 0.2) is 5.75 Å². The number of nitrogens with zero attached hydrogens (tertiary/aromatic N) is 1. The molecule has 0 saturated carbocycles. The Balaban J connectivity index is 1.94. The largest absolute Gasteiger partial charge is 0.502 e. The Kier molecular flexibility index (Phi) is 6.59. The lowest BCUT2D eigenvalue weighted by Gasteiger charge is -2.15. The molecule has 32 heavy (non-hydrogen) atoms. The molecule has 0 atom stereocenters. The molecule has 0 fully saturated rings. The summed E-state index contributed by atoms with van der Waals surface area (Å²) in [7, 11) is 1.19. The van der Waals surface area contributed by atoms with Crippen LogP contribution in [-0.2, 0) is 19.6 Å². The van der Waals surface area contributed by atoms with Gasteiger partial charge in [-0.05, 0) is 42.3 Å². The highest BCUT2D eigenvalue weighted by Crippen LogP contribution is 2.33. The number of carbonyl (C=O) groups is 1. The molecule has 1 heterocycles. The van der Waals surface area contributed by atoms with Crippen LogP contribution in [0.25, 0.3) is 11.3 Å². The number of rotatable bonds is 5. The molecule has 2 N–H and O–H groups in total. The van der Waals surface area contributed by atoms with Gasteiger partial charge >= 0.3 is 6.18 Å². The average Bonchev–Trinajstić information content (AvgIpc) is 2.72. The maximum absolute atomic E-state index is 13.8. The zero-order chi connectivity index (χ0) is 23.6. The van der Waals surface area contributed by atoms with Crippen molar-refractivity contribution in [3.05, 3.63) is 86.4 Å². The van der Waals surface area contributed by atoms with Gasteiger partial charge in [0.05, 0.1) is 16.8 Å². The number of halogens is 5. The smallest absolute Gasteiger partial charge is 0.416 e. The van der Waals surface area contributed by atoms with Crippen LogP contribution >= 0.6 is 11.6 Å². The van der Waals surface area contributed by atoms with E-state index in [-0.39, 0.29) is 17.8 Å². The van der Waals surface area contributed by atoms with E-state index in [9.17, 15) is 32.3 Å². The Morgan fingerprint density at radius 2 is 1.84 bits per heavy atom. The summed E-state index contributed by atoms with van der Waals surface area (Å²) in [5.41, 5.74) is -2.39. The monoisotopic (exact) mass is 468 g/mol. The van der Waals surface area contributed by atoms with Gasteiger partial charge in [0, 0.05) is 24.2 Å². The minimum atomic E-state index is -4.81. The SMILES string of the molecule is Cn1c(-c2cc(F)cc(C(F)(F)F)c2)cc(C(=O)NCCc2ccccc2Cl)c(O)c1=O. The van der Waals surface area contributed by atoms with Crippen LogP contribution in [-0.4, -0.2) is 22.1 Å². The molecular weight excluding hydrogens is 452 g/mol. The van der Waals surface area contributed by atoms with E-state index in [2.05, 4.69) is 5.32 Å². The van der Waals surface area contributed by atoms with Crippen LogP contribution in [0.5, 0.6) is 5.75 Å². The molecule has 2 aromatic carbocycles. The number of aromatic hydroxyl groups is 1. The Labute approximate surface area is 184 Å². The van der Waals surface area contributed by atoms with E-state index in [1.807, 2.05) is 0 Å². The van der Waals surface area contributed by atoms with Crippen molar-refractivity contribution in [2.45, 2.75) is 12.6 Å². The summed E-state index contributed by atoms with van der Waals surface area (Å²) < 4.78 is 53.9. The highest BCUT2D eigenvalue weighted by Gasteiger charge is 2.32. The molecule has 10 heteroatoms. The molecule has 168 valence electrons. The van der Waals surface area contributed by atoms with E-state index in [0.717, 1.165) is 22.3 Å². The highest BCUT2D eigenvalue weighted by atomic mass is 35.5. The number of nitrogens with one attached hydrogen (secondary N) is 1. The maximum atomic E-state index is 13.8. The Bertz CT molecular complexity index is 1240. The van der Waals surface area contributed by atoms with Crippen LogP contribution in [0.15, 0.2) is 53.3 Å². The summed E-state index contributed by atoms with van der Waals surface area (Å²) >= 11 is 6.06. The molecule has 0 unspecified atom stereocenters. The normalized spacial score (nSPS) is 11.4. The summed E-state index contributed by atoms with van der Waals surface area (Å²) in [5.74, 6) is -2.86. The zero-order valence-electron chi connectivity index (χ0n) is 16.6. The van der Waals surface area contributed by atoms with Crippen LogP contribution in [0.4, 0.5) is 17.6 Å². The lowest BCUT2D eigenvalue weighted by molar-refractivity contribution is -0.137. The van der Waals surface area contributed by atoms with E-state index in [0.29, 0.717) is 23.6 Å². The summed E-state index contributed by atoms with van der Waals surface area (Å²) in [6, 6.07) is 9.81. The first-order valence-electron chi connectivity index (χ1n) is 9.32. The number of hydrogen-bond acceptors (Lipinski definition) is 3. The van der Waals surface area contributed by atoms with Crippen molar-refractivity contribution in [2.75, 3.05) is 6.54 Å². The molecular formula is C22H17ClF4N2O3. The molecule has 1 aromatic heterocycles. The van der Waals surface area contributed by atoms with Gasteiger partial charge in [0.25, 0.3) is 11.5 Å². The predicted octanol–water partition coefficient (Wildman–Crippen LogP) is 4.54. The molecule has 0 aliphatic rings.